The summed E-state index contributed by atoms with van der Waals surface area (Å²) in [5.41, 5.74) is 7.12. The molecule has 104 valence electrons. The van der Waals surface area contributed by atoms with Crippen molar-refractivity contribution in [2.75, 3.05) is 11.1 Å². The molecule has 0 heterocycles. The lowest BCUT2D eigenvalue weighted by molar-refractivity contribution is 0.102. The predicted octanol–water partition coefficient (Wildman–Crippen LogP) is 4.49. The molecule has 0 aliphatic heterocycles. The van der Waals surface area contributed by atoms with Crippen LogP contribution in [0.4, 0.5) is 15.8 Å². The third kappa shape index (κ3) is 3.02. The lowest BCUT2D eigenvalue weighted by Gasteiger charge is -2.12. The number of nitrogen functional groups attached to an aromatic ring is 1. The van der Waals surface area contributed by atoms with Crippen LogP contribution in [0.2, 0.25) is 0 Å². The summed E-state index contributed by atoms with van der Waals surface area (Å²) < 4.78 is 14.8. The number of carbonyl (C=O) groups excluding carboxylic acids is 1. The lowest BCUT2D eigenvalue weighted by Crippen LogP contribution is -2.15. The maximum absolute atomic E-state index is 13.4. The number of anilines is 2. The Labute approximate surface area is 132 Å². The van der Waals surface area contributed by atoms with E-state index in [9.17, 15) is 9.18 Å². The number of hydrogen-bond acceptors (Lipinski definition) is 2. The van der Waals surface area contributed by atoms with Gasteiger partial charge in [0.15, 0.2) is 0 Å². The fourth-order valence-electron chi connectivity index (χ4n) is 1.74. The minimum atomic E-state index is -0.611. The first kappa shape index (κ1) is 15.0. The van der Waals surface area contributed by atoms with Crippen LogP contribution < -0.4 is 11.1 Å². The van der Waals surface area contributed by atoms with Crippen molar-refractivity contribution in [2.24, 2.45) is 0 Å². The quantitative estimate of drug-likeness (QED) is 0.728. The highest BCUT2D eigenvalue weighted by atomic mass is 79.9. The molecule has 0 spiro atoms. The molecule has 1 amide bonds. The molecule has 0 saturated carbocycles. The largest absolute Gasteiger partial charge is 0.396 e. The number of carbonyl (C=O) groups is 1. The van der Waals surface area contributed by atoms with Gasteiger partial charge in [0.2, 0.25) is 0 Å². The third-order valence-electron chi connectivity index (χ3n) is 2.72. The minimum Gasteiger partial charge on any atom is -0.396 e. The van der Waals surface area contributed by atoms with Crippen molar-refractivity contribution in [3.63, 3.8) is 0 Å². The molecule has 0 aliphatic rings. The van der Waals surface area contributed by atoms with Crippen LogP contribution in [-0.2, 0) is 0 Å². The van der Waals surface area contributed by atoms with Gasteiger partial charge in [0, 0.05) is 8.95 Å². The van der Waals surface area contributed by atoms with Crippen LogP contribution in [-0.4, -0.2) is 5.91 Å². The summed E-state index contributed by atoms with van der Waals surface area (Å²) in [6, 6.07) is 7.87. The zero-order chi connectivity index (χ0) is 14.9. The van der Waals surface area contributed by atoms with Gasteiger partial charge in [0.05, 0.1) is 16.9 Å². The van der Waals surface area contributed by atoms with E-state index >= 15 is 0 Å². The molecule has 0 unspecified atom stereocenters. The number of rotatable bonds is 2. The zero-order valence-electron chi connectivity index (χ0n) is 10.5. The van der Waals surface area contributed by atoms with E-state index in [1.54, 1.807) is 0 Å². The summed E-state index contributed by atoms with van der Waals surface area (Å²) in [5.74, 6) is -1.08. The fourth-order valence-corrected chi connectivity index (χ4v) is 3.35. The van der Waals surface area contributed by atoms with Gasteiger partial charge in [0.1, 0.15) is 5.82 Å². The van der Waals surface area contributed by atoms with Crippen molar-refractivity contribution >= 4 is 49.1 Å². The Hall–Kier alpha value is -1.40. The van der Waals surface area contributed by atoms with Gasteiger partial charge in [-0.25, -0.2) is 4.39 Å². The summed E-state index contributed by atoms with van der Waals surface area (Å²) in [4.78, 5) is 12.2. The molecular formula is C14H11Br2FN2O. The van der Waals surface area contributed by atoms with E-state index < -0.39 is 11.7 Å². The molecule has 0 atom stereocenters. The van der Waals surface area contributed by atoms with Gasteiger partial charge in [0.25, 0.3) is 5.91 Å². The summed E-state index contributed by atoms with van der Waals surface area (Å²) in [6.07, 6.45) is 0. The normalized spacial score (nSPS) is 10.4. The van der Waals surface area contributed by atoms with E-state index in [1.165, 1.54) is 18.2 Å². The number of nitrogens with two attached hydrogens (primary N) is 1. The van der Waals surface area contributed by atoms with Gasteiger partial charge in [-0.15, -0.1) is 0 Å². The van der Waals surface area contributed by atoms with Crippen molar-refractivity contribution in [3.05, 3.63) is 56.2 Å². The van der Waals surface area contributed by atoms with Gasteiger partial charge in [-0.1, -0.05) is 6.07 Å². The molecular weight excluding hydrogens is 391 g/mol. The van der Waals surface area contributed by atoms with Crippen LogP contribution in [0.3, 0.4) is 0 Å². The molecule has 0 saturated heterocycles. The highest BCUT2D eigenvalue weighted by Gasteiger charge is 2.15. The van der Waals surface area contributed by atoms with Crippen molar-refractivity contribution in [1.29, 1.82) is 0 Å². The second-order valence-corrected chi connectivity index (χ2v) is 5.97. The molecule has 6 heteroatoms. The van der Waals surface area contributed by atoms with Crippen molar-refractivity contribution in [2.45, 2.75) is 6.92 Å². The van der Waals surface area contributed by atoms with Crippen LogP contribution in [0, 0.1) is 12.7 Å². The van der Waals surface area contributed by atoms with Crippen molar-refractivity contribution in [1.82, 2.24) is 0 Å². The van der Waals surface area contributed by atoms with Gasteiger partial charge in [-0.2, -0.15) is 0 Å². The minimum absolute atomic E-state index is 0.101. The average Bonchev–Trinajstić information content (AvgIpc) is 2.36. The Bertz CT molecular complexity index is 666. The number of para-hydroxylation sites is 1. The van der Waals surface area contributed by atoms with Crippen LogP contribution in [0.5, 0.6) is 0 Å². The van der Waals surface area contributed by atoms with Gasteiger partial charge in [-0.3, -0.25) is 4.79 Å². The lowest BCUT2D eigenvalue weighted by atomic mass is 10.1. The molecule has 0 radical (unpaired) electrons. The van der Waals surface area contributed by atoms with E-state index in [2.05, 4.69) is 37.2 Å². The number of hydrogen-bond donors (Lipinski definition) is 2. The van der Waals surface area contributed by atoms with Crippen LogP contribution in [0.1, 0.15) is 15.9 Å². The molecule has 2 aromatic rings. The van der Waals surface area contributed by atoms with Crippen LogP contribution in [0.15, 0.2) is 39.3 Å². The topological polar surface area (TPSA) is 55.1 Å². The fraction of sp³-hybridized carbons (Fsp3) is 0.0714. The molecule has 0 bridgehead atoms. The van der Waals surface area contributed by atoms with E-state index in [0.717, 1.165) is 14.5 Å². The standard InChI is InChI=1S/C14H11Br2FN2O/c1-7-5-9(15)13(10(16)6-7)19-14(20)8-3-2-4-11(17)12(8)18/h2-6H,18H2,1H3,(H,19,20). The van der Waals surface area contributed by atoms with E-state index in [-0.39, 0.29) is 11.3 Å². The highest BCUT2D eigenvalue weighted by molar-refractivity contribution is 9.11. The zero-order valence-corrected chi connectivity index (χ0v) is 13.7. The van der Waals surface area contributed by atoms with Gasteiger partial charge in [-0.05, 0) is 68.6 Å². The molecule has 3 N–H and O–H groups in total. The molecule has 0 fully saturated rings. The van der Waals surface area contributed by atoms with Crippen LogP contribution in [0.25, 0.3) is 0 Å². The smallest absolute Gasteiger partial charge is 0.257 e. The first-order valence-corrected chi connectivity index (χ1v) is 7.29. The second-order valence-electron chi connectivity index (χ2n) is 4.26. The Morgan fingerprint density at radius 3 is 2.45 bits per heavy atom. The SMILES string of the molecule is Cc1cc(Br)c(NC(=O)c2cccc(F)c2N)c(Br)c1. The Morgan fingerprint density at radius 1 is 1.25 bits per heavy atom. The molecule has 2 aromatic carbocycles. The summed E-state index contributed by atoms with van der Waals surface area (Å²) in [5, 5.41) is 2.71. The predicted molar refractivity (Wildman–Crippen MR) is 85.3 cm³/mol. The number of amides is 1. The Balaban J connectivity index is 2.36. The number of nitrogens with one attached hydrogen (secondary N) is 1. The average molecular weight is 402 g/mol. The number of benzene rings is 2. The molecule has 0 aromatic heterocycles. The Kier molecular flexibility index (Phi) is 4.45. The van der Waals surface area contributed by atoms with Crippen molar-refractivity contribution < 1.29 is 9.18 Å². The van der Waals surface area contributed by atoms with Crippen LogP contribution >= 0.6 is 31.9 Å². The van der Waals surface area contributed by atoms with Gasteiger partial charge < -0.3 is 11.1 Å². The Morgan fingerprint density at radius 2 is 1.85 bits per heavy atom. The maximum atomic E-state index is 13.4. The summed E-state index contributed by atoms with van der Waals surface area (Å²) in [7, 11) is 0. The molecule has 2 rings (SSSR count). The first-order valence-electron chi connectivity index (χ1n) is 5.71. The first-order chi connectivity index (χ1) is 9.40. The summed E-state index contributed by atoms with van der Waals surface area (Å²) in [6.45, 7) is 1.94. The number of halogens is 3. The monoisotopic (exact) mass is 400 g/mol. The van der Waals surface area contributed by atoms with E-state index in [4.69, 9.17) is 5.73 Å². The third-order valence-corrected chi connectivity index (χ3v) is 3.97. The molecule has 20 heavy (non-hydrogen) atoms. The van der Waals surface area contributed by atoms with Crippen molar-refractivity contribution in [3.8, 4) is 0 Å². The second kappa shape index (κ2) is 5.93. The summed E-state index contributed by atoms with van der Waals surface area (Å²) >= 11 is 6.76. The molecule has 3 nitrogen and oxygen atoms in total. The van der Waals surface area contributed by atoms with E-state index in [0.29, 0.717) is 5.69 Å². The molecule has 0 aliphatic carbocycles. The van der Waals surface area contributed by atoms with Gasteiger partial charge >= 0.3 is 0 Å². The highest BCUT2D eigenvalue weighted by Crippen LogP contribution is 2.33. The maximum Gasteiger partial charge on any atom is 0.257 e. The number of aryl methyl sites for hydroxylation is 1. The van der Waals surface area contributed by atoms with E-state index in [1.807, 2.05) is 19.1 Å².